The summed E-state index contributed by atoms with van der Waals surface area (Å²) in [5, 5.41) is 21.7. The summed E-state index contributed by atoms with van der Waals surface area (Å²) in [6, 6.07) is 0.805. The Bertz CT molecular complexity index is 491. The first-order valence-electron chi connectivity index (χ1n) is 5.21. The minimum absolute atomic E-state index is 0.102. The zero-order valence-electron chi connectivity index (χ0n) is 9.40. The van der Waals surface area contributed by atoms with Crippen LogP contribution in [0.15, 0.2) is 6.07 Å². The lowest BCUT2D eigenvalue weighted by Gasteiger charge is -2.18. The predicted octanol–water partition coefficient (Wildman–Crippen LogP) is 0.916. The van der Waals surface area contributed by atoms with E-state index in [1.807, 2.05) is 0 Å². The van der Waals surface area contributed by atoms with Gasteiger partial charge < -0.3 is 10.2 Å². The fraction of sp³-hybridized carbons (Fsp3) is 0.600. The second-order valence-corrected chi connectivity index (χ2v) is 4.43. The Kier molecular flexibility index (Phi) is 2.65. The molecule has 0 aromatic carbocycles. The van der Waals surface area contributed by atoms with Gasteiger partial charge in [-0.25, -0.2) is 4.79 Å². The van der Waals surface area contributed by atoms with Crippen LogP contribution in [0.1, 0.15) is 24.2 Å². The number of hydrogen-bond donors (Lipinski definition) is 2. The molecule has 0 bridgehead atoms. The molecule has 0 saturated heterocycles. The van der Waals surface area contributed by atoms with Crippen LogP contribution in [0.25, 0.3) is 0 Å². The molecule has 0 amide bonds. The molecular formula is C10H11F3N2O3. The molecule has 0 spiro atoms. The molecule has 100 valence electrons. The number of halogens is 3. The summed E-state index contributed by atoms with van der Waals surface area (Å²) in [4.78, 5) is 10.8. The number of carboxylic acid groups (broad SMARTS) is 1. The number of aliphatic hydroxyl groups excluding tert-OH is 1. The lowest BCUT2D eigenvalue weighted by Crippen LogP contribution is -2.35. The van der Waals surface area contributed by atoms with E-state index in [4.69, 9.17) is 5.11 Å². The first-order valence-corrected chi connectivity index (χ1v) is 5.21. The molecular weight excluding hydrogens is 253 g/mol. The van der Waals surface area contributed by atoms with Crippen LogP contribution in [-0.4, -0.2) is 32.1 Å². The summed E-state index contributed by atoms with van der Waals surface area (Å²) in [5.74, 6) is -1.44. The number of carboxylic acids is 1. The Morgan fingerprint density at radius 2 is 2.11 bits per heavy atom. The van der Waals surface area contributed by atoms with Gasteiger partial charge in [0.1, 0.15) is 0 Å². The van der Waals surface area contributed by atoms with Crippen molar-refractivity contribution in [2.24, 2.45) is 7.05 Å². The average molecular weight is 264 g/mol. The molecule has 2 N–H and O–H groups in total. The molecule has 0 aliphatic heterocycles. The van der Waals surface area contributed by atoms with Gasteiger partial charge in [0.05, 0.1) is 0 Å². The lowest BCUT2D eigenvalue weighted by atomic mass is 9.94. The topological polar surface area (TPSA) is 75.3 Å². The second kappa shape index (κ2) is 3.71. The molecule has 1 aromatic rings. The highest BCUT2D eigenvalue weighted by molar-refractivity contribution is 5.75. The normalized spacial score (nSPS) is 19.6. The second-order valence-electron chi connectivity index (χ2n) is 4.43. The van der Waals surface area contributed by atoms with Gasteiger partial charge in [-0.05, 0) is 18.9 Å². The van der Waals surface area contributed by atoms with Crippen molar-refractivity contribution < 1.29 is 28.2 Å². The van der Waals surface area contributed by atoms with Crippen molar-refractivity contribution in [1.29, 1.82) is 0 Å². The number of aromatic nitrogens is 2. The minimum atomic E-state index is -4.58. The van der Waals surface area contributed by atoms with E-state index in [9.17, 15) is 23.1 Å². The van der Waals surface area contributed by atoms with Crippen LogP contribution < -0.4 is 0 Å². The lowest BCUT2D eigenvalue weighted by molar-refractivity contribution is -0.148. The van der Waals surface area contributed by atoms with Crippen LogP contribution >= 0.6 is 0 Å². The van der Waals surface area contributed by atoms with E-state index in [-0.39, 0.29) is 5.69 Å². The van der Waals surface area contributed by atoms with Gasteiger partial charge in [0.2, 0.25) is 0 Å². The molecule has 18 heavy (non-hydrogen) atoms. The van der Waals surface area contributed by atoms with Crippen LogP contribution in [0.2, 0.25) is 0 Å². The number of rotatable bonds is 3. The average Bonchev–Trinajstić information content (AvgIpc) is 2.94. The van der Waals surface area contributed by atoms with Gasteiger partial charge >= 0.3 is 12.1 Å². The number of aryl methyl sites for hydroxylation is 1. The number of aliphatic hydroxyl groups is 1. The molecule has 1 aliphatic rings. The maximum Gasteiger partial charge on any atom is 0.435 e. The fourth-order valence-corrected chi connectivity index (χ4v) is 2.11. The number of carbonyl (C=O) groups is 1. The molecule has 8 heteroatoms. The molecule has 1 unspecified atom stereocenters. The van der Waals surface area contributed by atoms with Crippen LogP contribution in [0.5, 0.6) is 0 Å². The van der Waals surface area contributed by atoms with E-state index in [1.54, 1.807) is 0 Å². The standard InChI is InChI=1S/C10H11F3N2O3/c1-15-6(4-5(14-15)10(11,12)13)9(2-3-9)7(16)8(17)18/h4,7,16H,2-3H2,1H3,(H,17,18). The monoisotopic (exact) mass is 264 g/mol. The third-order valence-electron chi connectivity index (χ3n) is 3.23. The molecule has 1 aliphatic carbocycles. The van der Waals surface area contributed by atoms with Gasteiger partial charge in [-0.15, -0.1) is 0 Å². The first-order chi connectivity index (χ1) is 8.18. The van der Waals surface area contributed by atoms with Gasteiger partial charge in [-0.1, -0.05) is 0 Å². The summed E-state index contributed by atoms with van der Waals surface area (Å²) in [6.07, 6.45) is -5.64. The van der Waals surface area contributed by atoms with E-state index in [1.165, 1.54) is 7.05 Å². The summed E-state index contributed by atoms with van der Waals surface area (Å²) < 4.78 is 38.5. The van der Waals surface area contributed by atoms with Crippen molar-refractivity contribution in [2.45, 2.75) is 30.5 Å². The van der Waals surface area contributed by atoms with Gasteiger partial charge in [0, 0.05) is 18.2 Å². The van der Waals surface area contributed by atoms with Crippen molar-refractivity contribution >= 4 is 5.97 Å². The van der Waals surface area contributed by atoms with Crippen LogP contribution in [-0.2, 0) is 23.4 Å². The molecule has 2 rings (SSSR count). The van der Waals surface area contributed by atoms with Gasteiger partial charge in [-0.3, -0.25) is 4.68 Å². The number of aliphatic carboxylic acids is 1. The maximum atomic E-state index is 12.5. The van der Waals surface area contributed by atoms with E-state index in [0.29, 0.717) is 12.8 Å². The highest BCUT2D eigenvalue weighted by atomic mass is 19.4. The Labute approximate surface area is 99.8 Å². The van der Waals surface area contributed by atoms with E-state index in [2.05, 4.69) is 5.10 Å². The smallest absolute Gasteiger partial charge is 0.435 e. The zero-order valence-corrected chi connectivity index (χ0v) is 9.40. The number of nitrogens with zero attached hydrogens (tertiary/aromatic N) is 2. The molecule has 1 atom stereocenters. The van der Waals surface area contributed by atoms with Crippen molar-refractivity contribution in [3.05, 3.63) is 17.5 Å². The largest absolute Gasteiger partial charge is 0.479 e. The molecule has 1 saturated carbocycles. The highest BCUT2D eigenvalue weighted by Gasteiger charge is 2.56. The quantitative estimate of drug-likeness (QED) is 0.851. The van der Waals surface area contributed by atoms with Crippen molar-refractivity contribution in [2.75, 3.05) is 0 Å². The Morgan fingerprint density at radius 1 is 1.56 bits per heavy atom. The third kappa shape index (κ3) is 1.86. The number of hydrogen-bond acceptors (Lipinski definition) is 3. The summed E-state index contributed by atoms with van der Waals surface area (Å²) in [7, 11) is 1.30. The van der Waals surface area contributed by atoms with Crippen molar-refractivity contribution in [3.63, 3.8) is 0 Å². The summed E-state index contributed by atoms with van der Waals surface area (Å²) in [5.41, 5.74) is -2.12. The van der Waals surface area contributed by atoms with Gasteiger partial charge in [0.25, 0.3) is 0 Å². The van der Waals surface area contributed by atoms with Gasteiger partial charge in [-0.2, -0.15) is 18.3 Å². The summed E-state index contributed by atoms with van der Waals surface area (Å²) in [6.45, 7) is 0. The Balaban J connectivity index is 2.41. The zero-order chi connectivity index (χ0) is 13.7. The summed E-state index contributed by atoms with van der Waals surface area (Å²) >= 11 is 0. The fourth-order valence-electron chi connectivity index (χ4n) is 2.11. The molecule has 5 nitrogen and oxygen atoms in total. The molecule has 1 aromatic heterocycles. The Morgan fingerprint density at radius 3 is 2.44 bits per heavy atom. The van der Waals surface area contributed by atoms with Gasteiger partial charge in [0.15, 0.2) is 11.8 Å². The third-order valence-corrected chi connectivity index (χ3v) is 3.23. The van der Waals surface area contributed by atoms with Crippen molar-refractivity contribution in [3.8, 4) is 0 Å². The van der Waals surface area contributed by atoms with E-state index >= 15 is 0 Å². The molecule has 0 radical (unpaired) electrons. The van der Waals surface area contributed by atoms with E-state index < -0.39 is 29.4 Å². The first kappa shape index (κ1) is 12.9. The van der Waals surface area contributed by atoms with Crippen LogP contribution in [0.3, 0.4) is 0 Å². The number of alkyl halides is 3. The maximum absolute atomic E-state index is 12.5. The van der Waals surface area contributed by atoms with Crippen LogP contribution in [0.4, 0.5) is 13.2 Å². The highest BCUT2D eigenvalue weighted by Crippen LogP contribution is 2.51. The Hall–Kier alpha value is -1.57. The predicted molar refractivity (Wildman–Crippen MR) is 52.8 cm³/mol. The molecule has 1 fully saturated rings. The minimum Gasteiger partial charge on any atom is -0.479 e. The SMILES string of the molecule is Cn1nc(C(F)(F)F)cc1C1(C(O)C(=O)O)CC1. The van der Waals surface area contributed by atoms with Crippen LogP contribution in [0, 0.1) is 0 Å². The van der Waals surface area contributed by atoms with E-state index in [0.717, 1.165) is 10.7 Å². The molecule has 1 heterocycles. The van der Waals surface area contributed by atoms with Crippen molar-refractivity contribution in [1.82, 2.24) is 9.78 Å².